The second-order valence-corrected chi connectivity index (χ2v) is 9.87. The molecule has 4 nitrogen and oxygen atoms in total. The van der Waals surface area contributed by atoms with Gasteiger partial charge in [-0.2, -0.15) is 0 Å². The molecule has 1 aromatic rings. The van der Waals surface area contributed by atoms with Crippen LogP contribution in [0.1, 0.15) is 52.5 Å². The Bertz CT molecular complexity index is 1100. The molecule has 0 fully saturated rings. The van der Waals surface area contributed by atoms with Gasteiger partial charge in [-0.15, -0.1) is 6.58 Å². The standard InChI is InChI=1S/C32H40O4/c1-7-13-27(23(4)9-3)31(6)19-16-26(21-25-14-11-10-12-15-25)30(36)29(24(5)34)28(35)17-20-32(31,22-33)18-8-2/h7-15,17,20,26,33,35H,1-2,16,18-19,21-22H2,3-6H3/b20-17?,23-9-,27-13+,29-28+/t26?,31-,32?/m0/s1. The third-order valence-corrected chi connectivity index (χ3v) is 7.73. The van der Waals surface area contributed by atoms with E-state index in [2.05, 4.69) is 20.1 Å². The van der Waals surface area contributed by atoms with Gasteiger partial charge >= 0.3 is 0 Å². The maximum Gasteiger partial charge on any atom is 0.173 e. The first kappa shape index (κ1) is 29.0. The maximum absolute atomic E-state index is 13.7. The second-order valence-electron chi connectivity index (χ2n) is 9.87. The number of hydrogen-bond donors (Lipinski definition) is 2. The molecule has 0 aromatic heterocycles. The molecule has 2 unspecified atom stereocenters. The summed E-state index contributed by atoms with van der Waals surface area (Å²) in [5, 5.41) is 21.9. The normalized spacial score (nSPS) is 28.0. The Morgan fingerprint density at radius 2 is 1.86 bits per heavy atom. The predicted molar refractivity (Wildman–Crippen MR) is 148 cm³/mol. The Labute approximate surface area is 216 Å². The van der Waals surface area contributed by atoms with E-state index in [0.717, 1.165) is 16.7 Å². The molecule has 2 rings (SSSR count). The van der Waals surface area contributed by atoms with Gasteiger partial charge in [-0.05, 0) is 63.7 Å². The van der Waals surface area contributed by atoms with E-state index < -0.39 is 22.5 Å². The number of aliphatic hydroxyl groups excluding tert-OH is 2. The highest BCUT2D eigenvalue weighted by molar-refractivity contribution is 6.20. The number of carbonyl (C=O) groups excluding carboxylic acids is 2. The molecular weight excluding hydrogens is 448 g/mol. The lowest BCUT2D eigenvalue weighted by Crippen LogP contribution is -2.44. The monoisotopic (exact) mass is 488 g/mol. The molecule has 0 saturated carbocycles. The number of Topliss-reactive ketones (excluding diaryl/α,β-unsaturated/α-hetero) is 2. The van der Waals surface area contributed by atoms with Gasteiger partial charge in [0.2, 0.25) is 0 Å². The fraction of sp³-hybridized carbons (Fsp3) is 0.375. The van der Waals surface area contributed by atoms with Crippen molar-refractivity contribution in [3.63, 3.8) is 0 Å². The SMILES string of the molecule is C=C/C=C(\C(C)=C/C)[C@]1(C)CCC(Cc2ccccc2)C(=O)/C(C(C)=O)=C(/O)C=CC1(CO)CC=C. The first-order valence-electron chi connectivity index (χ1n) is 12.5. The minimum atomic E-state index is -0.846. The number of hydrogen-bond acceptors (Lipinski definition) is 4. The lowest BCUT2D eigenvalue weighted by atomic mass is 9.55. The summed E-state index contributed by atoms with van der Waals surface area (Å²) in [4.78, 5) is 26.2. The van der Waals surface area contributed by atoms with E-state index in [0.29, 0.717) is 25.7 Å². The molecule has 2 N–H and O–H groups in total. The molecule has 192 valence electrons. The zero-order valence-corrected chi connectivity index (χ0v) is 22.1. The summed E-state index contributed by atoms with van der Waals surface area (Å²) >= 11 is 0. The summed E-state index contributed by atoms with van der Waals surface area (Å²) in [5.74, 6) is -1.71. The van der Waals surface area contributed by atoms with Crippen molar-refractivity contribution in [1.82, 2.24) is 0 Å². The van der Waals surface area contributed by atoms with E-state index in [4.69, 9.17) is 0 Å². The molecule has 1 aliphatic carbocycles. The molecule has 0 saturated heterocycles. The third-order valence-electron chi connectivity index (χ3n) is 7.73. The van der Waals surface area contributed by atoms with Crippen LogP contribution in [0.2, 0.25) is 0 Å². The molecule has 0 bridgehead atoms. The van der Waals surface area contributed by atoms with Crippen molar-refractivity contribution in [1.29, 1.82) is 0 Å². The van der Waals surface area contributed by atoms with Crippen molar-refractivity contribution in [2.24, 2.45) is 16.7 Å². The van der Waals surface area contributed by atoms with E-state index in [1.54, 1.807) is 18.2 Å². The molecule has 3 atom stereocenters. The van der Waals surface area contributed by atoms with Crippen LogP contribution in [-0.4, -0.2) is 28.4 Å². The summed E-state index contributed by atoms with van der Waals surface area (Å²) in [6.45, 7) is 15.0. The molecular formula is C32H40O4. The van der Waals surface area contributed by atoms with Gasteiger partial charge in [0, 0.05) is 16.7 Å². The summed E-state index contributed by atoms with van der Waals surface area (Å²) in [6, 6.07) is 9.70. The Morgan fingerprint density at radius 3 is 2.39 bits per heavy atom. The molecule has 36 heavy (non-hydrogen) atoms. The summed E-state index contributed by atoms with van der Waals surface area (Å²) in [6.07, 6.45) is 12.6. The van der Waals surface area contributed by atoms with Crippen LogP contribution >= 0.6 is 0 Å². The molecule has 0 spiro atoms. The van der Waals surface area contributed by atoms with Crippen LogP contribution in [0.4, 0.5) is 0 Å². The molecule has 4 heteroatoms. The molecule has 0 amide bonds. The first-order chi connectivity index (χ1) is 17.1. The quantitative estimate of drug-likeness (QED) is 0.228. The second kappa shape index (κ2) is 12.6. The van der Waals surface area contributed by atoms with Crippen molar-refractivity contribution in [3.8, 4) is 0 Å². The van der Waals surface area contributed by atoms with Crippen LogP contribution in [0.25, 0.3) is 0 Å². The van der Waals surface area contributed by atoms with Gasteiger partial charge < -0.3 is 10.2 Å². The van der Waals surface area contributed by atoms with Crippen LogP contribution in [0.5, 0.6) is 0 Å². The van der Waals surface area contributed by atoms with Crippen LogP contribution in [0, 0.1) is 16.7 Å². The van der Waals surface area contributed by atoms with Gasteiger partial charge in [0.05, 0.1) is 6.61 Å². The van der Waals surface area contributed by atoms with E-state index in [9.17, 15) is 19.8 Å². The third kappa shape index (κ3) is 5.93. The van der Waals surface area contributed by atoms with Crippen LogP contribution in [0.15, 0.2) is 102 Å². The lowest BCUT2D eigenvalue weighted by molar-refractivity contribution is -0.123. The van der Waals surface area contributed by atoms with Crippen molar-refractivity contribution in [3.05, 3.63) is 108 Å². The fourth-order valence-electron chi connectivity index (χ4n) is 5.40. The maximum atomic E-state index is 13.7. The van der Waals surface area contributed by atoms with Crippen LogP contribution in [-0.2, 0) is 16.0 Å². The number of benzene rings is 1. The smallest absolute Gasteiger partial charge is 0.173 e. The predicted octanol–water partition coefficient (Wildman–Crippen LogP) is 6.81. The van der Waals surface area contributed by atoms with Crippen molar-refractivity contribution >= 4 is 11.6 Å². The number of rotatable bonds is 9. The Hall–Kier alpha value is -3.24. The van der Waals surface area contributed by atoms with Crippen molar-refractivity contribution in [2.45, 2.75) is 53.4 Å². The van der Waals surface area contributed by atoms with Gasteiger partial charge in [-0.3, -0.25) is 9.59 Å². The average Bonchev–Trinajstić information content (AvgIpc) is 2.86. The Kier molecular flexibility index (Phi) is 10.2. The lowest BCUT2D eigenvalue weighted by Gasteiger charge is -2.49. The highest BCUT2D eigenvalue weighted by Crippen LogP contribution is 2.54. The first-order valence-corrected chi connectivity index (χ1v) is 12.5. The Balaban J connectivity index is 2.87. The number of aliphatic hydroxyl groups is 2. The highest BCUT2D eigenvalue weighted by Gasteiger charge is 2.48. The molecule has 0 radical (unpaired) electrons. The van der Waals surface area contributed by atoms with Crippen LogP contribution < -0.4 is 0 Å². The average molecular weight is 489 g/mol. The molecule has 0 aliphatic heterocycles. The molecule has 1 aromatic carbocycles. The van der Waals surface area contributed by atoms with E-state index in [1.807, 2.05) is 56.3 Å². The largest absolute Gasteiger partial charge is 0.507 e. The molecule has 1 aliphatic rings. The molecule has 0 heterocycles. The zero-order chi connectivity index (χ0) is 26.9. The van der Waals surface area contributed by atoms with E-state index >= 15 is 0 Å². The van der Waals surface area contributed by atoms with Crippen molar-refractivity contribution < 1.29 is 19.8 Å². The van der Waals surface area contributed by atoms with Gasteiger partial charge in [0.15, 0.2) is 11.6 Å². The van der Waals surface area contributed by atoms with Crippen LogP contribution in [0.3, 0.4) is 0 Å². The van der Waals surface area contributed by atoms with Crippen molar-refractivity contribution in [2.75, 3.05) is 6.61 Å². The van der Waals surface area contributed by atoms with E-state index in [1.165, 1.54) is 13.0 Å². The topological polar surface area (TPSA) is 74.6 Å². The minimum absolute atomic E-state index is 0.187. The van der Waals surface area contributed by atoms with Gasteiger partial charge in [0.1, 0.15) is 11.3 Å². The summed E-state index contributed by atoms with van der Waals surface area (Å²) in [7, 11) is 0. The summed E-state index contributed by atoms with van der Waals surface area (Å²) < 4.78 is 0. The highest BCUT2D eigenvalue weighted by atomic mass is 16.3. The minimum Gasteiger partial charge on any atom is -0.507 e. The number of carbonyl (C=O) groups is 2. The fourth-order valence-corrected chi connectivity index (χ4v) is 5.40. The number of ketones is 2. The van der Waals surface area contributed by atoms with E-state index in [-0.39, 0.29) is 23.7 Å². The zero-order valence-electron chi connectivity index (χ0n) is 22.1. The Morgan fingerprint density at radius 1 is 1.19 bits per heavy atom. The number of allylic oxidation sites excluding steroid dienone is 8. The van der Waals surface area contributed by atoms with Gasteiger partial charge in [0.25, 0.3) is 0 Å². The summed E-state index contributed by atoms with van der Waals surface area (Å²) in [5.41, 5.74) is 1.36. The van der Waals surface area contributed by atoms with Gasteiger partial charge in [-0.25, -0.2) is 0 Å². The van der Waals surface area contributed by atoms with Gasteiger partial charge in [-0.1, -0.05) is 79.8 Å².